The summed E-state index contributed by atoms with van der Waals surface area (Å²) in [5, 5.41) is 13.0. The molecule has 0 aliphatic carbocycles. The Morgan fingerprint density at radius 3 is 2.48 bits per heavy atom. The average molecular weight is 440 g/mol. The van der Waals surface area contributed by atoms with Gasteiger partial charge in [-0.15, -0.1) is 10.2 Å². The standard InChI is InChI=1S/C22H22ClN5O3/c1-3-12-28(14-20-25-26-22(30-20)15-8-4-6-10-17(15)23)13-19-24-21(27-31-19)16-9-5-7-11-18(16)29-2/h4-11H,3,12-14H2,1-2H3. The van der Waals surface area contributed by atoms with E-state index in [-0.39, 0.29) is 0 Å². The topological polar surface area (TPSA) is 90.3 Å². The zero-order chi connectivity index (χ0) is 21.6. The molecule has 2 heterocycles. The van der Waals surface area contributed by atoms with E-state index in [9.17, 15) is 0 Å². The van der Waals surface area contributed by atoms with Gasteiger partial charge < -0.3 is 13.7 Å². The molecular formula is C22H22ClN5O3. The molecule has 8 nitrogen and oxygen atoms in total. The monoisotopic (exact) mass is 439 g/mol. The molecule has 0 aliphatic rings. The highest BCUT2D eigenvalue weighted by Gasteiger charge is 2.18. The van der Waals surface area contributed by atoms with Crippen LogP contribution in [0.4, 0.5) is 0 Å². The molecule has 0 radical (unpaired) electrons. The summed E-state index contributed by atoms with van der Waals surface area (Å²) in [6, 6.07) is 14.9. The molecule has 0 fully saturated rings. The summed E-state index contributed by atoms with van der Waals surface area (Å²) >= 11 is 6.23. The SMILES string of the molecule is CCCN(Cc1nc(-c2ccccc2OC)no1)Cc1nnc(-c2ccccc2Cl)o1. The third kappa shape index (κ3) is 4.92. The van der Waals surface area contributed by atoms with E-state index in [1.807, 2.05) is 42.5 Å². The van der Waals surface area contributed by atoms with E-state index in [2.05, 4.69) is 32.2 Å². The number of nitrogens with zero attached hydrogens (tertiary/aromatic N) is 5. The lowest BCUT2D eigenvalue weighted by molar-refractivity contribution is 0.201. The van der Waals surface area contributed by atoms with Gasteiger partial charge in [-0.3, -0.25) is 4.90 Å². The van der Waals surface area contributed by atoms with E-state index in [1.165, 1.54) is 0 Å². The van der Waals surface area contributed by atoms with Crippen LogP contribution in [0.25, 0.3) is 22.8 Å². The van der Waals surface area contributed by atoms with E-state index in [0.717, 1.165) is 18.5 Å². The number of ether oxygens (including phenoxy) is 1. The van der Waals surface area contributed by atoms with E-state index in [4.69, 9.17) is 25.3 Å². The van der Waals surface area contributed by atoms with Crippen LogP contribution in [0.3, 0.4) is 0 Å². The number of halogens is 1. The highest BCUT2D eigenvalue weighted by Crippen LogP contribution is 2.28. The molecule has 0 N–H and O–H groups in total. The maximum atomic E-state index is 6.23. The minimum atomic E-state index is 0.397. The Hall–Kier alpha value is -3.23. The molecule has 31 heavy (non-hydrogen) atoms. The maximum Gasteiger partial charge on any atom is 0.249 e. The molecule has 0 unspecified atom stereocenters. The van der Waals surface area contributed by atoms with Crippen molar-refractivity contribution in [1.82, 2.24) is 25.2 Å². The largest absolute Gasteiger partial charge is 0.496 e. The second-order valence-corrected chi connectivity index (χ2v) is 7.31. The predicted octanol–water partition coefficient (Wildman–Crippen LogP) is 4.86. The Morgan fingerprint density at radius 2 is 1.71 bits per heavy atom. The summed E-state index contributed by atoms with van der Waals surface area (Å²) in [6.07, 6.45) is 0.943. The number of hydrogen-bond donors (Lipinski definition) is 0. The first-order chi connectivity index (χ1) is 15.2. The first kappa shape index (κ1) is 21.0. The van der Waals surface area contributed by atoms with Crippen LogP contribution in [-0.2, 0) is 13.1 Å². The van der Waals surface area contributed by atoms with Gasteiger partial charge in [0.25, 0.3) is 0 Å². The fourth-order valence-electron chi connectivity index (χ4n) is 3.23. The Morgan fingerprint density at radius 1 is 0.968 bits per heavy atom. The van der Waals surface area contributed by atoms with Crippen molar-refractivity contribution in [1.29, 1.82) is 0 Å². The number of benzene rings is 2. The Labute approximate surface area is 184 Å². The van der Waals surface area contributed by atoms with Gasteiger partial charge in [0.15, 0.2) is 0 Å². The van der Waals surface area contributed by atoms with E-state index in [0.29, 0.717) is 52.9 Å². The van der Waals surface area contributed by atoms with E-state index >= 15 is 0 Å². The van der Waals surface area contributed by atoms with Gasteiger partial charge in [0.2, 0.25) is 23.5 Å². The van der Waals surface area contributed by atoms with Gasteiger partial charge in [-0.25, -0.2) is 0 Å². The number of rotatable bonds is 9. The number of methoxy groups -OCH3 is 1. The highest BCUT2D eigenvalue weighted by molar-refractivity contribution is 6.33. The summed E-state index contributed by atoms with van der Waals surface area (Å²) < 4.78 is 16.7. The lowest BCUT2D eigenvalue weighted by Crippen LogP contribution is -2.24. The molecule has 9 heteroatoms. The van der Waals surface area contributed by atoms with Crippen LogP contribution in [0.5, 0.6) is 5.75 Å². The third-order valence-corrected chi connectivity index (χ3v) is 4.97. The van der Waals surface area contributed by atoms with Crippen molar-refractivity contribution in [3.63, 3.8) is 0 Å². The van der Waals surface area contributed by atoms with Gasteiger partial charge in [-0.1, -0.05) is 47.9 Å². The minimum absolute atomic E-state index is 0.397. The lowest BCUT2D eigenvalue weighted by atomic mass is 10.2. The minimum Gasteiger partial charge on any atom is -0.496 e. The van der Waals surface area contributed by atoms with Crippen LogP contribution >= 0.6 is 11.6 Å². The molecule has 0 atom stereocenters. The summed E-state index contributed by atoms with van der Waals surface area (Å²) in [5.41, 5.74) is 1.49. The van der Waals surface area contributed by atoms with E-state index in [1.54, 1.807) is 13.2 Å². The van der Waals surface area contributed by atoms with Crippen molar-refractivity contribution < 1.29 is 13.7 Å². The third-order valence-electron chi connectivity index (χ3n) is 4.64. The molecule has 0 bridgehead atoms. The van der Waals surface area contributed by atoms with Crippen molar-refractivity contribution in [2.24, 2.45) is 0 Å². The fourth-order valence-corrected chi connectivity index (χ4v) is 3.45. The number of para-hydroxylation sites is 1. The van der Waals surface area contributed by atoms with Crippen LogP contribution in [0, 0.1) is 0 Å². The second kappa shape index (κ2) is 9.72. The highest BCUT2D eigenvalue weighted by atomic mass is 35.5. The molecule has 0 amide bonds. The molecule has 4 aromatic rings. The molecule has 0 saturated carbocycles. The Bertz CT molecular complexity index is 1140. The molecular weight excluding hydrogens is 418 g/mol. The molecule has 160 valence electrons. The van der Waals surface area contributed by atoms with Crippen LogP contribution in [-0.4, -0.2) is 38.9 Å². The summed E-state index contributed by atoms with van der Waals surface area (Å²) in [6.45, 7) is 3.82. The molecule has 2 aromatic heterocycles. The lowest BCUT2D eigenvalue weighted by Gasteiger charge is -2.17. The summed E-state index contributed by atoms with van der Waals surface area (Å²) in [4.78, 5) is 6.65. The van der Waals surface area contributed by atoms with Crippen LogP contribution in [0.2, 0.25) is 5.02 Å². The van der Waals surface area contributed by atoms with E-state index < -0.39 is 0 Å². The van der Waals surface area contributed by atoms with Crippen molar-refractivity contribution in [2.75, 3.05) is 13.7 Å². The van der Waals surface area contributed by atoms with Gasteiger partial charge in [0.05, 0.1) is 36.3 Å². The van der Waals surface area contributed by atoms with Gasteiger partial charge >= 0.3 is 0 Å². The van der Waals surface area contributed by atoms with Crippen molar-refractivity contribution in [2.45, 2.75) is 26.4 Å². The van der Waals surface area contributed by atoms with Crippen molar-refractivity contribution in [3.8, 4) is 28.6 Å². The Kier molecular flexibility index (Phi) is 6.59. The first-order valence-corrected chi connectivity index (χ1v) is 10.3. The van der Waals surface area contributed by atoms with Crippen molar-refractivity contribution >= 4 is 11.6 Å². The van der Waals surface area contributed by atoms with Crippen molar-refractivity contribution in [3.05, 3.63) is 65.3 Å². The molecule has 0 spiro atoms. The van der Waals surface area contributed by atoms with Crippen LogP contribution in [0.1, 0.15) is 25.1 Å². The zero-order valence-corrected chi connectivity index (χ0v) is 18.0. The zero-order valence-electron chi connectivity index (χ0n) is 17.3. The number of hydrogen-bond acceptors (Lipinski definition) is 8. The average Bonchev–Trinajstić information content (AvgIpc) is 3.44. The summed E-state index contributed by atoms with van der Waals surface area (Å²) in [5.74, 6) is 2.57. The smallest absolute Gasteiger partial charge is 0.249 e. The van der Waals surface area contributed by atoms with Crippen LogP contribution in [0.15, 0.2) is 57.5 Å². The van der Waals surface area contributed by atoms with Gasteiger partial charge in [0.1, 0.15) is 5.75 Å². The van der Waals surface area contributed by atoms with Gasteiger partial charge in [-0.05, 0) is 37.2 Å². The number of aromatic nitrogens is 4. The maximum absolute atomic E-state index is 6.23. The Balaban J connectivity index is 1.48. The first-order valence-electron chi connectivity index (χ1n) is 9.93. The molecule has 2 aromatic carbocycles. The predicted molar refractivity (Wildman–Crippen MR) is 115 cm³/mol. The normalized spacial score (nSPS) is 11.2. The molecule has 4 rings (SSSR count). The quantitative estimate of drug-likeness (QED) is 0.365. The molecule has 0 saturated heterocycles. The fraction of sp³-hybridized carbons (Fsp3) is 0.273. The summed E-state index contributed by atoms with van der Waals surface area (Å²) in [7, 11) is 1.62. The van der Waals surface area contributed by atoms with Crippen LogP contribution < -0.4 is 4.74 Å². The second-order valence-electron chi connectivity index (χ2n) is 6.90. The molecule has 0 aliphatic heterocycles. The van der Waals surface area contributed by atoms with Gasteiger partial charge in [-0.2, -0.15) is 4.98 Å². The van der Waals surface area contributed by atoms with Gasteiger partial charge in [0, 0.05) is 0 Å².